The van der Waals surface area contributed by atoms with Crippen molar-refractivity contribution in [2.45, 2.75) is 12.1 Å². The quantitative estimate of drug-likeness (QED) is 0.403. The largest absolute Gasteiger partial charge is 0.493 e. The number of nitrogens with zero attached hydrogens (tertiary/aromatic N) is 2. The minimum Gasteiger partial charge on any atom is -0.493 e. The van der Waals surface area contributed by atoms with E-state index in [2.05, 4.69) is 15.2 Å². The third-order valence-electron chi connectivity index (χ3n) is 3.79. The van der Waals surface area contributed by atoms with Crippen LogP contribution in [0.5, 0.6) is 5.75 Å². The Morgan fingerprint density at radius 1 is 1.12 bits per heavy atom. The molecule has 2 aromatic carbocycles. The highest BCUT2D eigenvalue weighted by Crippen LogP contribution is 2.29. The number of aromatic nitrogens is 3. The second kappa shape index (κ2) is 7.03. The maximum Gasteiger partial charge on any atom is 0.276 e. The molecule has 0 amide bonds. The van der Waals surface area contributed by atoms with Gasteiger partial charge in [0.25, 0.3) is 11.1 Å². The molecule has 0 fully saturated rings. The smallest absolute Gasteiger partial charge is 0.276 e. The molecule has 6 heteroatoms. The summed E-state index contributed by atoms with van der Waals surface area (Å²) in [5.41, 5.74) is 3.16. The van der Waals surface area contributed by atoms with Crippen LogP contribution < -0.4 is 4.74 Å². The summed E-state index contributed by atoms with van der Waals surface area (Å²) in [6, 6.07) is 16.1. The van der Waals surface area contributed by atoms with Gasteiger partial charge in [0.15, 0.2) is 0 Å². The standard InChI is InChI=1S/C19H17N3O2S/c1-13-5-4-6-14(11-13)23-9-10-25-19-22-21-18(24-19)16-12-20-17-8-3-2-7-15(16)17/h2-8,11-12,20H,9-10H2,1H3. The van der Waals surface area contributed by atoms with Crippen molar-refractivity contribution < 1.29 is 9.15 Å². The van der Waals surface area contributed by atoms with Crippen molar-refractivity contribution in [2.75, 3.05) is 12.4 Å². The van der Waals surface area contributed by atoms with E-state index in [1.165, 1.54) is 17.3 Å². The molecule has 0 spiro atoms. The van der Waals surface area contributed by atoms with Crippen LogP contribution in [0.3, 0.4) is 0 Å². The molecule has 5 nitrogen and oxygen atoms in total. The molecular weight excluding hydrogens is 334 g/mol. The summed E-state index contributed by atoms with van der Waals surface area (Å²) < 4.78 is 11.5. The van der Waals surface area contributed by atoms with Gasteiger partial charge in [0.05, 0.1) is 12.2 Å². The molecule has 1 N–H and O–H groups in total. The summed E-state index contributed by atoms with van der Waals surface area (Å²) in [7, 11) is 0. The first-order chi connectivity index (χ1) is 12.3. The highest BCUT2D eigenvalue weighted by atomic mass is 32.2. The molecule has 0 aliphatic rings. The topological polar surface area (TPSA) is 63.9 Å². The Morgan fingerprint density at radius 2 is 2.04 bits per heavy atom. The maximum absolute atomic E-state index is 5.77. The molecule has 126 valence electrons. The van der Waals surface area contributed by atoms with E-state index in [4.69, 9.17) is 9.15 Å². The molecule has 0 bridgehead atoms. The van der Waals surface area contributed by atoms with Crippen molar-refractivity contribution >= 4 is 22.7 Å². The molecule has 0 atom stereocenters. The molecule has 0 aliphatic heterocycles. The predicted molar refractivity (Wildman–Crippen MR) is 99.0 cm³/mol. The monoisotopic (exact) mass is 351 g/mol. The summed E-state index contributed by atoms with van der Waals surface area (Å²) in [6.07, 6.45) is 1.90. The zero-order valence-corrected chi connectivity index (χ0v) is 14.5. The Hall–Kier alpha value is -2.73. The molecule has 0 saturated heterocycles. The fourth-order valence-corrected chi connectivity index (χ4v) is 3.20. The Balaban J connectivity index is 1.37. The van der Waals surface area contributed by atoms with E-state index in [0.29, 0.717) is 17.7 Å². The average Bonchev–Trinajstić information content (AvgIpc) is 3.25. The van der Waals surface area contributed by atoms with Crippen LogP contribution in [-0.2, 0) is 0 Å². The first-order valence-corrected chi connectivity index (χ1v) is 9.00. The van der Waals surface area contributed by atoms with E-state index in [9.17, 15) is 0 Å². The first kappa shape index (κ1) is 15.8. The molecule has 2 aromatic heterocycles. The van der Waals surface area contributed by atoms with E-state index >= 15 is 0 Å². The van der Waals surface area contributed by atoms with Gasteiger partial charge >= 0.3 is 0 Å². The van der Waals surface area contributed by atoms with Crippen molar-refractivity contribution in [3.63, 3.8) is 0 Å². The van der Waals surface area contributed by atoms with Gasteiger partial charge in [0, 0.05) is 22.9 Å². The minimum atomic E-state index is 0.527. The number of aromatic amines is 1. The first-order valence-electron chi connectivity index (χ1n) is 8.02. The van der Waals surface area contributed by atoms with Crippen molar-refractivity contribution in [1.82, 2.24) is 15.2 Å². The fourth-order valence-electron chi connectivity index (χ4n) is 2.62. The zero-order chi connectivity index (χ0) is 17.1. The van der Waals surface area contributed by atoms with Crippen molar-refractivity contribution in [3.8, 4) is 17.2 Å². The highest BCUT2D eigenvalue weighted by molar-refractivity contribution is 7.99. The third kappa shape index (κ3) is 3.53. The van der Waals surface area contributed by atoms with Crippen LogP contribution in [0.1, 0.15) is 5.56 Å². The molecule has 25 heavy (non-hydrogen) atoms. The summed E-state index contributed by atoms with van der Waals surface area (Å²) >= 11 is 1.49. The Bertz CT molecular complexity index is 993. The Kier molecular flexibility index (Phi) is 4.43. The highest BCUT2D eigenvalue weighted by Gasteiger charge is 2.13. The van der Waals surface area contributed by atoms with Crippen LogP contribution in [0.15, 0.2) is 64.4 Å². The molecule has 0 unspecified atom stereocenters. The lowest BCUT2D eigenvalue weighted by atomic mass is 10.2. The van der Waals surface area contributed by atoms with Gasteiger partial charge in [-0.2, -0.15) is 0 Å². The lowest BCUT2D eigenvalue weighted by Crippen LogP contribution is -2.00. The van der Waals surface area contributed by atoms with Crippen LogP contribution in [0.2, 0.25) is 0 Å². The van der Waals surface area contributed by atoms with E-state index in [0.717, 1.165) is 28.0 Å². The average molecular weight is 351 g/mol. The van der Waals surface area contributed by atoms with Gasteiger partial charge in [-0.3, -0.25) is 0 Å². The van der Waals surface area contributed by atoms with Crippen molar-refractivity contribution in [1.29, 1.82) is 0 Å². The van der Waals surface area contributed by atoms with E-state index < -0.39 is 0 Å². The Morgan fingerprint density at radius 3 is 2.96 bits per heavy atom. The van der Waals surface area contributed by atoms with Crippen molar-refractivity contribution in [2.24, 2.45) is 0 Å². The summed E-state index contributed by atoms with van der Waals surface area (Å²) in [4.78, 5) is 3.22. The lowest BCUT2D eigenvalue weighted by Gasteiger charge is -2.05. The molecule has 0 radical (unpaired) electrons. The molecular formula is C19H17N3O2S. The van der Waals surface area contributed by atoms with Crippen LogP contribution in [-0.4, -0.2) is 27.5 Å². The summed E-state index contributed by atoms with van der Waals surface area (Å²) in [5, 5.41) is 9.90. The number of fused-ring (bicyclic) bond motifs is 1. The van der Waals surface area contributed by atoms with Gasteiger partial charge in [-0.1, -0.05) is 42.1 Å². The molecule has 0 saturated carbocycles. The van der Waals surface area contributed by atoms with E-state index in [1.54, 1.807) is 0 Å². The van der Waals surface area contributed by atoms with Crippen LogP contribution in [0.4, 0.5) is 0 Å². The van der Waals surface area contributed by atoms with Gasteiger partial charge < -0.3 is 14.1 Å². The van der Waals surface area contributed by atoms with Gasteiger partial charge in [0.1, 0.15) is 5.75 Å². The molecule has 4 aromatic rings. The number of nitrogens with one attached hydrogen (secondary N) is 1. The van der Waals surface area contributed by atoms with Gasteiger partial charge in [-0.25, -0.2) is 0 Å². The number of thioether (sulfide) groups is 1. The van der Waals surface area contributed by atoms with Crippen LogP contribution in [0.25, 0.3) is 22.4 Å². The van der Waals surface area contributed by atoms with E-state index in [-0.39, 0.29) is 0 Å². The molecule has 4 rings (SSSR count). The number of benzene rings is 2. The summed E-state index contributed by atoms with van der Waals surface area (Å²) in [6.45, 7) is 2.63. The van der Waals surface area contributed by atoms with Gasteiger partial charge in [-0.15, -0.1) is 10.2 Å². The van der Waals surface area contributed by atoms with E-state index in [1.807, 2.05) is 61.7 Å². The number of rotatable bonds is 6. The number of hydrogen-bond acceptors (Lipinski definition) is 5. The SMILES string of the molecule is Cc1cccc(OCCSc2nnc(-c3c[nH]c4ccccc34)o2)c1. The minimum absolute atomic E-state index is 0.527. The van der Waals surface area contributed by atoms with Crippen LogP contribution in [0, 0.1) is 6.92 Å². The molecule has 0 aliphatic carbocycles. The second-order valence-electron chi connectivity index (χ2n) is 5.63. The zero-order valence-electron chi connectivity index (χ0n) is 13.7. The van der Waals surface area contributed by atoms with Gasteiger partial charge in [-0.05, 0) is 30.7 Å². The van der Waals surface area contributed by atoms with Gasteiger partial charge in [0.2, 0.25) is 0 Å². The third-order valence-corrected chi connectivity index (χ3v) is 4.58. The number of aryl methyl sites for hydroxylation is 1. The second-order valence-corrected chi connectivity index (χ2v) is 6.68. The normalized spacial score (nSPS) is 11.1. The predicted octanol–water partition coefficient (Wildman–Crippen LogP) is 4.70. The van der Waals surface area contributed by atoms with Crippen LogP contribution >= 0.6 is 11.8 Å². The number of H-pyrrole nitrogens is 1. The number of hydrogen-bond donors (Lipinski definition) is 1. The Labute approximate surface area is 149 Å². The number of para-hydroxylation sites is 1. The maximum atomic E-state index is 5.77. The fraction of sp³-hybridized carbons (Fsp3) is 0.158. The number of ether oxygens (including phenoxy) is 1. The summed E-state index contributed by atoms with van der Waals surface area (Å²) in [5.74, 6) is 2.15. The lowest BCUT2D eigenvalue weighted by molar-refractivity contribution is 0.343. The van der Waals surface area contributed by atoms with Crippen molar-refractivity contribution in [3.05, 3.63) is 60.3 Å². The molecule has 2 heterocycles.